The van der Waals surface area contributed by atoms with Crippen LogP contribution in [0.3, 0.4) is 0 Å². The van der Waals surface area contributed by atoms with Crippen LogP contribution in [0.25, 0.3) is 0 Å². The summed E-state index contributed by atoms with van der Waals surface area (Å²) in [5.41, 5.74) is 2.56. The minimum absolute atomic E-state index is 0.472. The van der Waals surface area contributed by atoms with Gasteiger partial charge in [0.1, 0.15) is 5.82 Å². The van der Waals surface area contributed by atoms with E-state index in [0.29, 0.717) is 5.92 Å². The van der Waals surface area contributed by atoms with Crippen LogP contribution in [0.1, 0.15) is 71.1 Å². The van der Waals surface area contributed by atoms with Crippen molar-refractivity contribution in [2.24, 2.45) is 0 Å². The van der Waals surface area contributed by atoms with E-state index in [4.69, 9.17) is 4.98 Å². The van der Waals surface area contributed by atoms with E-state index in [0.717, 1.165) is 32.0 Å². The predicted octanol–water partition coefficient (Wildman–Crippen LogP) is 4.33. The highest BCUT2D eigenvalue weighted by atomic mass is 15.2. The zero-order valence-electron chi connectivity index (χ0n) is 14.6. The van der Waals surface area contributed by atoms with Crippen molar-refractivity contribution in [3.05, 3.63) is 23.4 Å². The van der Waals surface area contributed by atoms with Crippen LogP contribution < -0.4 is 10.2 Å². The van der Waals surface area contributed by atoms with Crippen molar-refractivity contribution in [1.29, 1.82) is 0 Å². The van der Waals surface area contributed by atoms with Gasteiger partial charge < -0.3 is 10.2 Å². The minimum atomic E-state index is 0.472. The van der Waals surface area contributed by atoms with E-state index >= 15 is 0 Å². The van der Waals surface area contributed by atoms with Gasteiger partial charge in [-0.25, -0.2) is 4.98 Å². The first-order valence-corrected chi connectivity index (χ1v) is 8.58. The molecule has 3 heteroatoms. The fraction of sp³-hybridized carbons (Fsp3) is 0.722. The van der Waals surface area contributed by atoms with Gasteiger partial charge in [0.25, 0.3) is 0 Å². The van der Waals surface area contributed by atoms with Crippen molar-refractivity contribution in [1.82, 2.24) is 10.3 Å². The number of unbranched alkanes of at least 4 members (excludes halogenated alkanes) is 1. The first-order chi connectivity index (χ1) is 10.1. The van der Waals surface area contributed by atoms with Crippen molar-refractivity contribution >= 4 is 5.82 Å². The second-order valence-corrected chi connectivity index (χ2v) is 6.02. The first kappa shape index (κ1) is 18.0. The highest BCUT2D eigenvalue weighted by Gasteiger charge is 2.11. The zero-order valence-corrected chi connectivity index (χ0v) is 14.6. The Bertz CT molecular complexity index is 401. The second kappa shape index (κ2) is 9.78. The average molecular weight is 291 g/mol. The molecule has 1 N–H and O–H groups in total. The molecule has 0 aliphatic carbocycles. The molecule has 0 spiro atoms. The standard InChI is InChI=1S/C18H33N3/c1-6-9-11-21(8-3)18-13-16(14-19-10-7-2)12-17(20-18)15(4)5/h12-13,15,19H,6-11,14H2,1-5H3. The summed E-state index contributed by atoms with van der Waals surface area (Å²) in [6.45, 7) is 15.2. The first-order valence-electron chi connectivity index (χ1n) is 8.58. The van der Waals surface area contributed by atoms with E-state index < -0.39 is 0 Å². The Hall–Kier alpha value is -1.09. The average Bonchev–Trinajstić information content (AvgIpc) is 2.48. The molecule has 0 atom stereocenters. The lowest BCUT2D eigenvalue weighted by Crippen LogP contribution is -2.26. The van der Waals surface area contributed by atoms with Crippen molar-refractivity contribution in [3.8, 4) is 0 Å². The van der Waals surface area contributed by atoms with Crippen LogP contribution in [0.2, 0.25) is 0 Å². The lowest BCUT2D eigenvalue weighted by atomic mass is 10.1. The van der Waals surface area contributed by atoms with Crippen LogP contribution in [0.15, 0.2) is 12.1 Å². The van der Waals surface area contributed by atoms with Gasteiger partial charge in [-0.1, -0.05) is 34.1 Å². The molecule has 0 fully saturated rings. The Balaban J connectivity index is 2.94. The van der Waals surface area contributed by atoms with Gasteiger partial charge >= 0.3 is 0 Å². The lowest BCUT2D eigenvalue weighted by molar-refractivity contribution is 0.669. The van der Waals surface area contributed by atoms with E-state index in [1.54, 1.807) is 0 Å². The zero-order chi connectivity index (χ0) is 15.7. The molecule has 0 saturated heterocycles. The second-order valence-electron chi connectivity index (χ2n) is 6.02. The summed E-state index contributed by atoms with van der Waals surface area (Å²) >= 11 is 0. The largest absolute Gasteiger partial charge is 0.357 e. The van der Waals surface area contributed by atoms with Crippen LogP contribution in [0.4, 0.5) is 5.82 Å². The third kappa shape index (κ3) is 6.04. The van der Waals surface area contributed by atoms with Gasteiger partial charge in [-0.05, 0) is 49.9 Å². The normalized spacial score (nSPS) is 11.1. The smallest absolute Gasteiger partial charge is 0.129 e. The number of nitrogens with zero attached hydrogens (tertiary/aromatic N) is 2. The van der Waals surface area contributed by atoms with E-state index in [9.17, 15) is 0 Å². The molecular formula is C18H33N3. The van der Waals surface area contributed by atoms with Crippen molar-refractivity contribution in [3.63, 3.8) is 0 Å². The number of anilines is 1. The molecule has 1 aromatic rings. The van der Waals surface area contributed by atoms with Gasteiger partial charge in [-0.15, -0.1) is 0 Å². The van der Waals surface area contributed by atoms with Crippen LogP contribution in [0, 0.1) is 0 Å². The Kier molecular flexibility index (Phi) is 8.36. The minimum Gasteiger partial charge on any atom is -0.357 e. The molecule has 0 aliphatic rings. The topological polar surface area (TPSA) is 28.2 Å². The van der Waals surface area contributed by atoms with Gasteiger partial charge in [0.15, 0.2) is 0 Å². The lowest BCUT2D eigenvalue weighted by Gasteiger charge is -2.24. The van der Waals surface area contributed by atoms with Crippen molar-refractivity contribution < 1.29 is 0 Å². The van der Waals surface area contributed by atoms with Gasteiger partial charge in [0.05, 0.1) is 0 Å². The van der Waals surface area contributed by atoms with Crippen LogP contribution in [-0.2, 0) is 6.54 Å². The molecule has 120 valence electrons. The Morgan fingerprint density at radius 1 is 1.14 bits per heavy atom. The Labute approximate surface area is 131 Å². The number of nitrogens with one attached hydrogen (secondary N) is 1. The highest BCUT2D eigenvalue weighted by Crippen LogP contribution is 2.20. The third-order valence-corrected chi connectivity index (χ3v) is 3.73. The third-order valence-electron chi connectivity index (χ3n) is 3.73. The molecule has 21 heavy (non-hydrogen) atoms. The fourth-order valence-electron chi connectivity index (χ4n) is 2.35. The van der Waals surface area contributed by atoms with Gasteiger partial charge in [-0.2, -0.15) is 0 Å². The molecule has 0 aliphatic heterocycles. The molecule has 1 heterocycles. The molecule has 0 saturated carbocycles. The summed E-state index contributed by atoms with van der Waals surface area (Å²) in [6, 6.07) is 4.51. The quantitative estimate of drug-likeness (QED) is 0.650. The van der Waals surface area contributed by atoms with Crippen LogP contribution in [-0.4, -0.2) is 24.6 Å². The van der Waals surface area contributed by atoms with Gasteiger partial charge in [-0.3, -0.25) is 0 Å². The molecule has 0 unspecified atom stereocenters. The summed E-state index contributed by atoms with van der Waals surface area (Å²) in [4.78, 5) is 7.28. The summed E-state index contributed by atoms with van der Waals surface area (Å²) in [5.74, 6) is 1.62. The fourth-order valence-corrected chi connectivity index (χ4v) is 2.35. The Morgan fingerprint density at radius 3 is 2.48 bits per heavy atom. The van der Waals surface area contributed by atoms with Gasteiger partial charge in [0.2, 0.25) is 0 Å². The number of rotatable bonds is 10. The van der Waals surface area contributed by atoms with Crippen LogP contribution >= 0.6 is 0 Å². The van der Waals surface area contributed by atoms with E-state index in [2.05, 4.69) is 57.0 Å². The molecule has 0 amide bonds. The Morgan fingerprint density at radius 2 is 1.90 bits per heavy atom. The summed E-state index contributed by atoms with van der Waals surface area (Å²) in [7, 11) is 0. The van der Waals surface area contributed by atoms with Crippen molar-refractivity contribution in [2.75, 3.05) is 24.5 Å². The SMILES string of the molecule is CCCCN(CC)c1cc(CNCCC)cc(C(C)C)n1. The molecule has 3 nitrogen and oxygen atoms in total. The number of aromatic nitrogens is 1. The van der Waals surface area contributed by atoms with Gasteiger partial charge in [0, 0.05) is 25.3 Å². The highest BCUT2D eigenvalue weighted by molar-refractivity contribution is 5.43. The predicted molar refractivity (Wildman–Crippen MR) is 93.1 cm³/mol. The van der Waals surface area contributed by atoms with E-state index in [1.165, 1.54) is 30.5 Å². The molecule has 1 aromatic heterocycles. The monoisotopic (exact) mass is 291 g/mol. The summed E-state index contributed by atoms with van der Waals surface area (Å²) < 4.78 is 0. The maximum atomic E-state index is 4.88. The molecule has 0 bridgehead atoms. The van der Waals surface area contributed by atoms with Crippen LogP contribution in [0.5, 0.6) is 0 Å². The van der Waals surface area contributed by atoms with E-state index in [-0.39, 0.29) is 0 Å². The van der Waals surface area contributed by atoms with E-state index in [1.807, 2.05) is 0 Å². The number of hydrogen-bond acceptors (Lipinski definition) is 3. The summed E-state index contributed by atoms with van der Waals surface area (Å²) in [5, 5.41) is 3.50. The maximum Gasteiger partial charge on any atom is 0.129 e. The maximum absolute atomic E-state index is 4.88. The molecule has 0 aromatic carbocycles. The molecular weight excluding hydrogens is 258 g/mol. The summed E-state index contributed by atoms with van der Waals surface area (Å²) in [6.07, 6.45) is 3.63. The van der Waals surface area contributed by atoms with Crippen molar-refractivity contribution in [2.45, 2.75) is 66.3 Å². The molecule has 1 rings (SSSR count). The number of pyridine rings is 1. The number of hydrogen-bond donors (Lipinski definition) is 1. The molecule has 0 radical (unpaired) electrons.